The van der Waals surface area contributed by atoms with E-state index >= 15 is 0 Å². The molecule has 6 heteroatoms. The second kappa shape index (κ2) is 5.22. The fraction of sp³-hybridized carbons (Fsp3) is 1.00. The van der Waals surface area contributed by atoms with Crippen molar-refractivity contribution in [3.05, 3.63) is 0 Å². The van der Waals surface area contributed by atoms with E-state index in [4.69, 9.17) is 5.73 Å². The molecule has 0 aromatic carbocycles. The normalized spacial score (nSPS) is 29.0. The highest BCUT2D eigenvalue weighted by Crippen LogP contribution is 2.25. The first-order chi connectivity index (χ1) is 8.01. The number of hydrogen-bond acceptors (Lipinski definition) is 3. The summed E-state index contributed by atoms with van der Waals surface area (Å²) in [6.07, 6.45) is 6.29. The number of hydrogen-bond donors (Lipinski definition) is 1. The van der Waals surface area contributed by atoms with Gasteiger partial charge in [0.1, 0.15) is 0 Å². The summed E-state index contributed by atoms with van der Waals surface area (Å²) in [5.41, 5.74) is 5.78. The second-order valence-corrected chi connectivity index (χ2v) is 7.21. The molecule has 1 atom stereocenters. The molecule has 100 valence electrons. The van der Waals surface area contributed by atoms with Crippen LogP contribution in [0.4, 0.5) is 0 Å². The van der Waals surface area contributed by atoms with E-state index in [0.29, 0.717) is 13.1 Å². The lowest BCUT2D eigenvalue weighted by molar-refractivity contribution is 0.268. The third-order valence-electron chi connectivity index (χ3n) is 3.97. The topological polar surface area (TPSA) is 66.6 Å². The summed E-state index contributed by atoms with van der Waals surface area (Å²) in [7, 11) is -1.57. The van der Waals surface area contributed by atoms with Crippen LogP contribution in [0.5, 0.6) is 0 Å². The summed E-state index contributed by atoms with van der Waals surface area (Å²) in [6.45, 7) is 1.04. The molecule has 5 nitrogen and oxygen atoms in total. The molecule has 1 saturated heterocycles. The van der Waals surface area contributed by atoms with Crippen molar-refractivity contribution in [3.63, 3.8) is 0 Å². The smallest absolute Gasteiger partial charge is 0.282 e. The van der Waals surface area contributed by atoms with Crippen molar-refractivity contribution >= 4 is 10.2 Å². The maximum Gasteiger partial charge on any atom is 0.282 e. The Hall–Kier alpha value is -0.170. The van der Waals surface area contributed by atoms with Crippen LogP contribution in [-0.4, -0.2) is 49.2 Å². The maximum atomic E-state index is 12.4. The Labute approximate surface area is 104 Å². The van der Waals surface area contributed by atoms with Gasteiger partial charge in [0.15, 0.2) is 0 Å². The molecule has 1 saturated carbocycles. The molecule has 1 aliphatic heterocycles. The Kier molecular flexibility index (Phi) is 4.07. The van der Waals surface area contributed by atoms with Gasteiger partial charge in [0.25, 0.3) is 10.2 Å². The first-order valence-corrected chi connectivity index (χ1v) is 7.90. The van der Waals surface area contributed by atoms with E-state index < -0.39 is 10.2 Å². The maximum absolute atomic E-state index is 12.4. The number of nitrogens with two attached hydrogens (primary N) is 1. The molecule has 2 aliphatic rings. The average Bonchev–Trinajstić information content (AvgIpc) is 2.77. The summed E-state index contributed by atoms with van der Waals surface area (Å²) in [6, 6.07) is 0.190. The Morgan fingerprint density at radius 1 is 1.18 bits per heavy atom. The summed E-state index contributed by atoms with van der Waals surface area (Å²) in [5, 5.41) is 0. The third kappa shape index (κ3) is 2.81. The molecule has 0 radical (unpaired) electrons. The van der Waals surface area contributed by atoms with E-state index in [1.165, 1.54) is 10.7 Å². The van der Waals surface area contributed by atoms with Gasteiger partial charge >= 0.3 is 0 Å². The van der Waals surface area contributed by atoms with Crippen LogP contribution >= 0.6 is 0 Å². The van der Waals surface area contributed by atoms with E-state index in [1.807, 2.05) is 0 Å². The minimum Gasteiger partial charge on any atom is -0.326 e. The molecule has 1 aliphatic carbocycles. The molecule has 0 bridgehead atoms. The van der Waals surface area contributed by atoms with Crippen molar-refractivity contribution < 1.29 is 8.42 Å². The van der Waals surface area contributed by atoms with Crippen LogP contribution in [0.3, 0.4) is 0 Å². The van der Waals surface area contributed by atoms with Crippen LogP contribution in [0.15, 0.2) is 0 Å². The van der Waals surface area contributed by atoms with Gasteiger partial charge in [0.05, 0.1) is 0 Å². The van der Waals surface area contributed by atoms with Gasteiger partial charge in [-0.15, -0.1) is 0 Å². The summed E-state index contributed by atoms with van der Waals surface area (Å²) in [4.78, 5) is 0. The van der Waals surface area contributed by atoms with Crippen molar-refractivity contribution in [1.29, 1.82) is 0 Å². The molecule has 2 rings (SSSR count). The SMILES string of the molecule is CN(C1CCCCC1)S(=O)(=O)N1CCC(N)C1. The highest BCUT2D eigenvalue weighted by Gasteiger charge is 2.35. The van der Waals surface area contributed by atoms with E-state index in [-0.39, 0.29) is 12.1 Å². The van der Waals surface area contributed by atoms with E-state index in [2.05, 4.69) is 0 Å². The molecular formula is C11H23N3O2S. The third-order valence-corrected chi connectivity index (χ3v) is 5.98. The first-order valence-electron chi connectivity index (χ1n) is 6.50. The standard InChI is InChI=1S/C11H23N3O2S/c1-13(11-5-3-2-4-6-11)17(15,16)14-8-7-10(12)9-14/h10-11H,2-9,12H2,1H3. The minimum atomic E-state index is -3.28. The fourth-order valence-corrected chi connectivity index (χ4v) is 4.45. The fourth-order valence-electron chi connectivity index (χ4n) is 2.78. The molecule has 1 heterocycles. The van der Waals surface area contributed by atoms with Crippen LogP contribution in [0, 0.1) is 0 Å². The molecule has 0 aromatic rings. The van der Waals surface area contributed by atoms with Crippen molar-refractivity contribution in [2.45, 2.75) is 50.6 Å². The van der Waals surface area contributed by atoms with Gasteiger partial charge in [-0.25, -0.2) is 0 Å². The molecule has 2 fully saturated rings. The largest absolute Gasteiger partial charge is 0.326 e. The van der Waals surface area contributed by atoms with E-state index in [9.17, 15) is 8.42 Å². The lowest BCUT2D eigenvalue weighted by Crippen LogP contribution is -2.46. The van der Waals surface area contributed by atoms with E-state index in [1.54, 1.807) is 11.4 Å². The van der Waals surface area contributed by atoms with Gasteiger partial charge in [0.2, 0.25) is 0 Å². The Bertz CT molecular complexity index is 352. The van der Waals surface area contributed by atoms with Crippen molar-refractivity contribution in [2.24, 2.45) is 5.73 Å². The average molecular weight is 261 g/mol. The molecule has 0 amide bonds. The van der Waals surface area contributed by atoms with Crippen molar-refractivity contribution in [2.75, 3.05) is 20.1 Å². The Morgan fingerprint density at radius 3 is 2.35 bits per heavy atom. The molecule has 1 unspecified atom stereocenters. The quantitative estimate of drug-likeness (QED) is 0.806. The molecule has 0 spiro atoms. The summed E-state index contributed by atoms with van der Waals surface area (Å²) < 4.78 is 27.9. The predicted octanol–water partition coefficient (Wildman–Crippen LogP) is 0.529. The Balaban J connectivity index is 2.03. The monoisotopic (exact) mass is 261 g/mol. The van der Waals surface area contributed by atoms with Gasteiger partial charge < -0.3 is 5.73 Å². The van der Waals surface area contributed by atoms with Gasteiger partial charge in [-0.1, -0.05) is 19.3 Å². The zero-order valence-electron chi connectivity index (χ0n) is 10.5. The second-order valence-electron chi connectivity index (χ2n) is 5.22. The molecule has 17 heavy (non-hydrogen) atoms. The zero-order valence-corrected chi connectivity index (χ0v) is 11.3. The van der Waals surface area contributed by atoms with Gasteiger partial charge in [-0.05, 0) is 19.3 Å². The zero-order chi connectivity index (χ0) is 12.5. The van der Waals surface area contributed by atoms with Gasteiger partial charge in [-0.2, -0.15) is 17.0 Å². The van der Waals surface area contributed by atoms with Crippen LogP contribution in [0.25, 0.3) is 0 Å². The lowest BCUT2D eigenvalue weighted by Gasteiger charge is -2.33. The van der Waals surface area contributed by atoms with Crippen LogP contribution in [0.1, 0.15) is 38.5 Å². The van der Waals surface area contributed by atoms with Crippen LogP contribution in [-0.2, 0) is 10.2 Å². The van der Waals surface area contributed by atoms with Crippen molar-refractivity contribution in [1.82, 2.24) is 8.61 Å². The summed E-state index contributed by atoms with van der Waals surface area (Å²) in [5.74, 6) is 0. The molecular weight excluding hydrogens is 238 g/mol. The number of nitrogens with zero attached hydrogens (tertiary/aromatic N) is 2. The molecule has 0 aromatic heterocycles. The van der Waals surface area contributed by atoms with E-state index in [0.717, 1.165) is 32.1 Å². The first kappa shape index (κ1) is 13.3. The van der Waals surface area contributed by atoms with Crippen molar-refractivity contribution in [3.8, 4) is 0 Å². The van der Waals surface area contributed by atoms with Gasteiger partial charge in [0, 0.05) is 32.2 Å². The highest BCUT2D eigenvalue weighted by atomic mass is 32.2. The summed E-state index contributed by atoms with van der Waals surface area (Å²) >= 11 is 0. The highest BCUT2D eigenvalue weighted by molar-refractivity contribution is 7.86. The van der Waals surface area contributed by atoms with Crippen LogP contribution in [0.2, 0.25) is 0 Å². The van der Waals surface area contributed by atoms with Gasteiger partial charge in [-0.3, -0.25) is 0 Å². The number of rotatable bonds is 3. The van der Waals surface area contributed by atoms with Crippen LogP contribution < -0.4 is 5.73 Å². The lowest BCUT2D eigenvalue weighted by atomic mass is 9.96. The minimum absolute atomic E-state index is 0.00420. The predicted molar refractivity (Wildman–Crippen MR) is 67.7 cm³/mol. The Morgan fingerprint density at radius 2 is 1.82 bits per heavy atom. The molecule has 2 N–H and O–H groups in total.